The van der Waals surface area contributed by atoms with Crippen LogP contribution in [0.4, 0.5) is 34.1 Å². The van der Waals surface area contributed by atoms with Gasteiger partial charge < -0.3 is 18.6 Å². The van der Waals surface area contributed by atoms with Crippen molar-refractivity contribution in [1.82, 2.24) is 0 Å². The maximum Gasteiger partial charge on any atom is 0.137 e. The highest BCUT2D eigenvalue weighted by Crippen LogP contribution is 2.61. The Bertz CT molecular complexity index is 5280. The molecule has 0 spiro atoms. The lowest BCUT2D eigenvalue weighted by Crippen LogP contribution is -2.30. The van der Waals surface area contributed by atoms with E-state index in [0.717, 1.165) is 66.6 Å². The van der Waals surface area contributed by atoms with Gasteiger partial charge in [-0.2, -0.15) is 0 Å². The van der Waals surface area contributed by atoms with Crippen LogP contribution >= 0.6 is 0 Å². The van der Waals surface area contributed by atoms with Gasteiger partial charge in [-0.05, 0) is 147 Å². The normalized spacial score (nSPS) is 14.6. The third-order valence-electron chi connectivity index (χ3n) is 19.7. The van der Waals surface area contributed by atoms with E-state index in [1.54, 1.807) is 0 Å². The van der Waals surface area contributed by atoms with Crippen LogP contribution in [0.15, 0.2) is 251 Å². The summed E-state index contributed by atoms with van der Waals surface area (Å²) in [6.07, 6.45) is 0. The standard InChI is InChI=1S/C80H52N2O2/c1-79(2)57-31-13-15-33-63(57)81(65-43-69-55(41-59(65)79)47-25-11-17-35-67(47)83-69)61-39-37-53-73-49(61)27-19-29-51(73)75-71(45-21-7-5-8-22-45)78-54-38-40-62(50-28-20-30-52(74(50)54)76(78)72(77(53)75)46-23-9-6-10-24-46)82-64-34-16-14-32-58(64)80(3,4)60-42-56-48-26-12-18-36-68(48)84-70(56)44-66(60)82/h5-44H,1-4H3. The topological polar surface area (TPSA) is 32.8 Å². The molecule has 0 unspecified atom stereocenters. The van der Waals surface area contributed by atoms with E-state index < -0.39 is 0 Å². The van der Waals surface area contributed by atoms with E-state index in [1.165, 1.54) is 121 Å². The van der Waals surface area contributed by atoms with Crippen LogP contribution in [0.5, 0.6) is 0 Å². The van der Waals surface area contributed by atoms with E-state index in [1.807, 2.05) is 0 Å². The van der Waals surface area contributed by atoms with Crippen molar-refractivity contribution in [3.8, 4) is 22.3 Å². The maximum atomic E-state index is 6.70. The van der Waals surface area contributed by atoms with Gasteiger partial charge in [0, 0.05) is 55.3 Å². The summed E-state index contributed by atoms with van der Waals surface area (Å²) in [5.41, 5.74) is 20.0. The SMILES string of the molecule is CC1(C)c2ccccc2N(c2ccc3c4c(-c5ccccc5)c5c6cccc7c(N8c9ccccc9C(C)(C)c9cc%10c(cc98)oc8ccccc8%10)ccc(c5c(-c5ccccc5)c4c4cccc2c43)c76)c2cc3oc4ccccc4c3cc21. The monoisotopic (exact) mass is 1070 g/mol. The Morgan fingerprint density at radius 1 is 0.238 bits per heavy atom. The lowest BCUT2D eigenvalue weighted by Gasteiger charge is -2.42. The summed E-state index contributed by atoms with van der Waals surface area (Å²) in [4.78, 5) is 5.05. The third kappa shape index (κ3) is 5.82. The molecule has 0 atom stereocenters. The van der Waals surface area contributed by atoms with Crippen LogP contribution in [0.1, 0.15) is 49.9 Å². The number of fused-ring (bicyclic) bond motifs is 16. The Morgan fingerprint density at radius 2 is 0.595 bits per heavy atom. The fourth-order valence-corrected chi connectivity index (χ4v) is 16.0. The molecule has 0 amide bonds. The minimum atomic E-state index is -0.280. The van der Waals surface area contributed by atoms with Gasteiger partial charge in [0.05, 0.1) is 34.1 Å². The smallest absolute Gasteiger partial charge is 0.137 e. The van der Waals surface area contributed by atoms with Gasteiger partial charge in [0.1, 0.15) is 22.3 Å². The molecule has 0 aliphatic carbocycles. The largest absolute Gasteiger partial charge is 0.456 e. The minimum Gasteiger partial charge on any atom is -0.456 e. The Hall–Kier alpha value is -10.4. The Kier molecular flexibility index (Phi) is 8.90. The molecule has 0 fully saturated rings. The summed E-state index contributed by atoms with van der Waals surface area (Å²) in [7, 11) is 0. The zero-order chi connectivity index (χ0) is 55.5. The summed E-state index contributed by atoms with van der Waals surface area (Å²) in [6.45, 7) is 9.50. The summed E-state index contributed by atoms with van der Waals surface area (Å²) in [6, 6.07) is 90.5. The molecule has 0 saturated heterocycles. The number of anilines is 6. The summed E-state index contributed by atoms with van der Waals surface area (Å²) >= 11 is 0. The van der Waals surface area contributed by atoms with Gasteiger partial charge in [0.15, 0.2) is 0 Å². The molecule has 19 rings (SSSR count). The van der Waals surface area contributed by atoms with Gasteiger partial charge in [-0.1, -0.05) is 210 Å². The van der Waals surface area contributed by atoms with Crippen molar-refractivity contribution in [2.24, 2.45) is 0 Å². The van der Waals surface area contributed by atoms with Crippen LogP contribution in [-0.4, -0.2) is 0 Å². The molecule has 0 N–H and O–H groups in total. The molecule has 0 saturated carbocycles. The fourth-order valence-electron chi connectivity index (χ4n) is 16.0. The third-order valence-corrected chi connectivity index (χ3v) is 19.7. The van der Waals surface area contributed by atoms with Crippen molar-refractivity contribution in [2.75, 3.05) is 9.80 Å². The molecular formula is C80H52N2O2. The average molecular weight is 1070 g/mol. The Balaban J connectivity index is 0.924. The number of furan rings is 2. The van der Waals surface area contributed by atoms with E-state index in [9.17, 15) is 0 Å². The van der Waals surface area contributed by atoms with Crippen molar-refractivity contribution in [1.29, 1.82) is 0 Å². The molecule has 2 aliphatic heterocycles. The van der Waals surface area contributed by atoms with Crippen LogP contribution < -0.4 is 9.80 Å². The fraction of sp³-hybridized carbons (Fsp3) is 0.0750. The molecule has 15 aromatic carbocycles. The predicted octanol–water partition coefficient (Wildman–Crippen LogP) is 22.8. The van der Waals surface area contributed by atoms with Crippen molar-refractivity contribution in [2.45, 2.75) is 38.5 Å². The number of rotatable bonds is 4. The summed E-state index contributed by atoms with van der Waals surface area (Å²) in [5.74, 6) is 0. The second-order valence-corrected chi connectivity index (χ2v) is 24.6. The molecular weight excluding hydrogens is 1020 g/mol. The molecule has 2 aliphatic rings. The molecule has 4 heteroatoms. The van der Waals surface area contributed by atoms with E-state index in [0.29, 0.717) is 0 Å². The summed E-state index contributed by atoms with van der Waals surface area (Å²) in [5, 5.41) is 19.7. The zero-order valence-electron chi connectivity index (χ0n) is 46.8. The molecule has 17 aromatic rings. The van der Waals surface area contributed by atoms with Gasteiger partial charge >= 0.3 is 0 Å². The zero-order valence-corrected chi connectivity index (χ0v) is 46.8. The molecule has 0 bridgehead atoms. The molecule has 4 nitrogen and oxygen atoms in total. The van der Waals surface area contributed by atoms with E-state index in [4.69, 9.17) is 8.83 Å². The first-order chi connectivity index (χ1) is 41.2. The van der Waals surface area contributed by atoms with Crippen LogP contribution in [0.3, 0.4) is 0 Å². The molecule has 84 heavy (non-hydrogen) atoms. The highest BCUT2D eigenvalue weighted by molar-refractivity contribution is 6.47. The number of nitrogens with zero attached hydrogens (tertiary/aromatic N) is 2. The molecule has 4 heterocycles. The highest BCUT2D eigenvalue weighted by Gasteiger charge is 2.41. The van der Waals surface area contributed by atoms with Crippen LogP contribution in [0.2, 0.25) is 0 Å². The van der Waals surface area contributed by atoms with Gasteiger partial charge in [0.2, 0.25) is 0 Å². The first kappa shape index (κ1) is 46.2. The van der Waals surface area contributed by atoms with Crippen molar-refractivity contribution in [3.63, 3.8) is 0 Å². The first-order valence-electron chi connectivity index (χ1n) is 29.4. The van der Waals surface area contributed by atoms with Crippen LogP contribution in [-0.2, 0) is 10.8 Å². The van der Waals surface area contributed by atoms with E-state index in [-0.39, 0.29) is 10.8 Å². The second-order valence-electron chi connectivity index (χ2n) is 24.6. The molecule has 0 radical (unpaired) electrons. The minimum absolute atomic E-state index is 0.280. The number of hydrogen-bond acceptors (Lipinski definition) is 4. The van der Waals surface area contributed by atoms with Crippen molar-refractivity contribution < 1.29 is 8.83 Å². The number of benzene rings is 13. The Labute approximate surface area is 484 Å². The van der Waals surface area contributed by atoms with Gasteiger partial charge in [-0.25, -0.2) is 0 Å². The highest BCUT2D eigenvalue weighted by atomic mass is 16.3. The quantitative estimate of drug-likeness (QED) is 0.176. The van der Waals surface area contributed by atoms with Gasteiger partial charge in [-0.3, -0.25) is 0 Å². The summed E-state index contributed by atoms with van der Waals surface area (Å²) < 4.78 is 13.4. The second kappa shape index (κ2) is 16.2. The molecule has 2 aromatic heterocycles. The average Bonchev–Trinajstić information content (AvgIpc) is 2.48. The van der Waals surface area contributed by atoms with Crippen LogP contribution in [0, 0.1) is 0 Å². The lowest BCUT2D eigenvalue weighted by atomic mass is 9.73. The number of hydrogen-bond donors (Lipinski definition) is 0. The first-order valence-corrected chi connectivity index (χ1v) is 29.4. The van der Waals surface area contributed by atoms with Gasteiger partial charge in [0.25, 0.3) is 0 Å². The van der Waals surface area contributed by atoms with Crippen LogP contribution in [0.25, 0.3) is 131 Å². The number of para-hydroxylation sites is 4. The van der Waals surface area contributed by atoms with E-state index in [2.05, 4.69) is 280 Å². The van der Waals surface area contributed by atoms with E-state index >= 15 is 0 Å². The Morgan fingerprint density at radius 3 is 1.04 bits per heavy atom. The molecule has 394 valence electrons. The van der Waals surface area contributed by atoms with Crippen molar-refractivity contribution in [3.05, 3.63) is 265 Å². The van der Waals surface area contributed by atoms with Crippen molar-refractivity contribution >= 4 is 143 Å². The van der Waals surface area contributed by atoms with Gasteiger partial charge in [-0.15, -0.1) is 0 Å². The lowest BCUT2D eigenvalue weighted by molar-refractivity contribution is 0.630. The predicted molar refractivity (Wildman–Crippen MR) is 353 cm³/mol. The maximum absolute atomic E-state index is 6.70.